The summed E-state index contributed by atoms with van der Waals surface area (Å²) in [7, 11) is 0. The normalized spacial score (nSPS) is 14.6. The summed E-state index contributed by atoms with van der Waals surface area (Å²) in [6.07, 6.45) is 0. The molecule has 10 heavy (non-hydrogen) atoms. The van der Waals surface area contributed by atoms with Crippen molar-refractivity contribution >= 4 is 5.76 Å². The summed E-state index contributed by atoms with van der Waals surface area (Å²) in [6.45, 7) is 4.46. The highest BCUT2D eigenvalue weighted by Crippen LogP contribution is 2.26. The van der Waals surface area contributed by atoms with Gasteiger partial charge < -0.3 is 4.74 Å². The van der Waals surface area contributed by atoms with Gasteiger partial charge in [0.25, 0.3) is 0 Å². The number of ether oxygens (including phenoxy) is 1. The lowest BCUT2D eigenvalue weighted by Crippen LogP contribution is -1.76. The summed E-state index contributed by atoms with van der Waals surface area (Å²) in [6, 6.07) is 8.11. The molecule has 50 valence electrons. The molecule has 1 nitrogen and oxygen atoms in total. The summed E-state index contributed by atoms with van der Waals surface area (Å²) < 4.78 is 5.23. The maximum absolute atomic E-state index is 5.23. The summed E-state index contributed by atoms with van der Waals surface area (Å²) in [5, 5.41) is 0. The Morgan fingerprint density at radius 2 is 2.10 bits per heavy atom. The minimum absolute atomic E-state index is 0.689. The molecular formula is C9H8O. The van der Waals surface area contributed by atoms with Gasteiger partial charge in [-0.1, -0.05) is 30.8 Å². The van der Waals surface area contributed by atoms with Crippen molar-refractivity contribution in [3.63, 3.8) is 0 Å². The van der Waals surface area contributed by atoms with E-state index in [9.17, 15) is 0 Å². The number of hydrogen-bond acceptors (Lipinski definition) is 1. The van der Waals surface area contributed by atoms with Crippen molar-refractivity contribution in [3.8, 4) is 0 Å². The van der Waals surface area contributed by atoms with E-state index >= 15 is 0 Å². The Morgan fingerprint density at radius 3 is 2.90 bits per heavy atom. The summed E-state index contributed by atoms with van der Waals surface area (Å²) in [5.74, 6) is 0.801. The van der Waals surface area contributed by atoms with E-state index in [4.69, 9.17) is 4.74 Å². The molecule has 0 saturated carbocycles. The SMILES string of the molecule is C=C1OCc2ccccc21. The summed E-state index contributed by atoms with van der Waals surface area (Å²) in [5.41, 5.74) is 2.40. The van der Waals surface area contributed by atoms with E-state index in [2.05, 4.69) is 12.6 Å². The monoisotopic (exact) mass is 132 g/mol. The number of rotatable bonds is 0. The van der Waals surface area contributed by atoms with Crippen LogP contribution < -0.4 is 0 Å². The van der Waals surface area contributed by atoms with E-state index in [0.29, 0.717) is 6.61 Å². The largest absolute Gasteiger partial charge is 0.489 e. The molecule has 0 spiro atoms. The first-order chi connectivity index (χ1) is 4.88. The lowest BCUT2D eigenvalue weighted by Gasteiger charge is -1.92. The van der Waals surface area contributed by atoms with E-state index in [1.165, 1.54) is 5.56 Å². The summed E-state index contributed by atoms with van der Waals surface area (Å²) >= 11 is 0. The Morgan fingerprint density at radius 1 is 1.30 bits per heavy atom. The fourth-order valence-corrected chi connectivity index (χ4v) is 1.16. The number of hydrogen-bond donors (Lipinski definition) is 0. The Hall–Kier alpha value is -1.24. The van der Waals surface area contributed by atoms with Crippen LogP contribution in [0.5, 0.6) is 0 Å². The third-order valence-electron chi connectivity index (χ3n) is 1.72. The van der Waals surface area contributed by atoms with E-state index in [1.807, 2.05) is 18.2 Å². The second-order valence-corrected chi connectivity index (χ2v) is 2.37. The fraction of sp³-hybridized carbons (Fsp3) is 0.111. The lowest BCUT2D eigenvalue weighted by atomic mass is 10.1. The summed E-state index contributed by atoms with van der Waals surface area (Å²) in [4.78, 5) is 0. The van der Waals surface area contributed by atoms with Crippen molar-refractivity contribution < 1.29 is 4.74 Å². The highest BCUT2D eigenvalue weighted by atomic mass is 16.5. The highest BCUT2D eigenvalue weighted by Gasteiger charge is 2.13. The zero-order valence-corrected chi connectivity index (χ0v) is 5.63. The minimum Gasteiger partial charge on any atom is -0.489 e. The van der Waals surface area contributed by atoms with Crippen molar-refractivity contribution in [2.24, 2.45) is 0 Å². The maximum atomic E-state index is 5.23. The molecule has 0 aromatic heterocycles. The Bertz CT molecular complexity index is 276. The molecule has 0 radical (unpaired) electrons. The van der Waals surface area contributed by atoms with Gasteiger partial charge >= 0.3 is 0 Å². The van der Waals surface area contributed by atoms with Crippen molar-refractivity contribution in [1.29, 1.82) is 0 Å². The average Bonchev–Trinajstić information content (AvgIpc) is 2.34. The van der Waals surface area contributed by atoms with Gasteiger partial charge in [-0.25, -0.2) is 0 Å². The molecule has 0 saturated heterocycles. The van der Waals surface area contributed by atoms with Crippen molar-refractivity contribution in [2.45, 2.75) is 6.61 Å². The quantitative estimate of drug-likeness (QED) is 0.525. The van der Waals surface area contributed by atoms with Gasteiger partial charge in [-0.15, -0.1) is 0 Å². The average molecular weight is 132 g/mol. The molecule has 2 rings (SSSR count). The number of fused-ring (bicyclic) bond motifs is 1. The van der Waals surface area contributed by atoms with Gasteiger partial charge in [-0.3, -0.25) is 0 Å². The van der Waals surface area contributed by atoms with Gasteiger partial charge in [0.15, 0.2) is 0 Å². The molecule has 0 aliphatic carbocycles. The molecule has 1 aromatic carbocycles. The maximum Gasteiger partial charge on any atom is 0.120 e. The molecule has 0 unspecified atom stereocenters. The van der Waals surface area contributed by atoms with Crippen LogP contribution in [0.4, 0.5) is 0 Å². The van der Waals surface area contributed by atoms with Gasteiger partial charge in [0, 0.05) is 11.1 Å². The van der Waals surface area contributed by atoms with Crippen LogP contribution in [0, 0.1) is 0 Å². The third-order valence-corrected chi connectivity index (χ3v) is 1.72. The third kappa shape index (κ3) is 0.637. The predicted octanol–water partition coefficient (Wildman–Crippen LogP) is 2.19. The van der Waals surface area contributed by atoms with E-state index < -0.39 is 0 Å². The van der Waals surface area contributed by atoms with Crippen LogP contribution in [-0.2, 0) is 11.3 Å². The van der Waals surface area contributed by atoms with Crippen molar-refractivity contribution in [1.82, 2.24) is 0 Å². The molecule has 1 aliphatic heterocycles. The van der Waals surface area contributed by atoms with Crippen molar-refractivity contribution in [3.05, 3.63) is 42.0 Å². The topological polar surface area (TPSA) is 9.23 Å². The Kier molecular flexibility index (Phi) is 1.04. The van der Waals surface area contributed by atoms with Crippen LogP contribution in [-0.4, -0.2) is 0 Å². The van der Waals surface area contributed by atoms with Gasteiger partial charge in [-0.2, -0.15) is 0 Å². The van der Waals surface area contributed by atoms with Crippen LogP contribution in [0.1, 0.15) is 11.1 Å². The standard InChI is InChI=1S/C9H8O/c1-7-9-5-3-2-4-8(9)6-10-7/h2-5H,1,6H2. The Labute approximate surface area is 59.9 Å². The van der Waals surface area contributed by atoms with E-state index in [1.54, 1.807) is 0 Å². The van der Waals surface area contributed by atoms with Crippen molar-refractivity contribution in [2.75, 3.05) is 0 Å². The molecule has 1 aliphatic rings. The molecule has 0 N–H and O–H groups in total. The Balaban J connectivity index is 2.61. The first-order valence-electron chi connectivity index (χ1n) is 3.28. The first-order valence-corrected chi connectivity index (χ1v) is 3.28. The fourth-order valence-electron chi connectivity index (χ4n) is 1.16. The van der Waals surface area contributed by atoms with Crippen LogP contribution in [0.3, 0.4) is 0 Å². The predicted molar refractivity (Wildman–Crippen MR) is 40.3 cm³/mol. The smallest absolute Gasteiger partial charge is 0.120 e. The molecule has 0 atom stereocenters. The van der Waals surface area contributed by atoms with Gasteiger partial charge in [0.1, 0.15) is 12.4 Å². The zero-order chi connectivity index (χ0) is 6.97. The van der Waals surface area contributed by atoms with Crippen LogP contribution in [0.25, 0.3) is 5.76 Å². The molecular weight excluding hydrogens is 124 g/mol. The minimum atomic E-state index is 0.689. The molecule has 1 heteroatoms. The second kappa shape index (κ2) is 1.87. The molecule has 0 amide bonds. The van der Waals surface area contributed by atoms with E-state index in [0.717, 1.165) is 11.3 Å². The van der Waals surface area contributed by atoms with Gasteiger partial charge in [-0.05, 0) is 0 Å². The van der Waals surface area contributed by atoms with E-state index in [-0.39, 0.29) is 0 Å². The second-order valence-electron chi connectivity index (χ2n) is 2.37. The molecule has 0 bridgehead atoms. The highest BCUT2D eigenvalue weighted by molar-refractivity contribution is 5.63. The molecule has 1 heterocycles. The lowest BCUT2D eigenvalue weighted by molar-refractivity contribution is 0.286. The molecule has 0 fully saturated rings. The van der Waals surface area contributed by atoms with Crippen LogP contribution >= 0.6 is 0 Å². The zero-order valence-electron chi connectivity index (χ0n) is 5.63. The van der Waals surface area contributed by atoms with Gasteiger partial charge in [0.2, 0.25) is 0 Å². The van der Waals surface area contributed by atoms with Crippen LogP contribution in [0.15, 0.2) is 30.8 Å². The molecule has 1 aromatic rings. The first kappa shape index (κ1) is 5.54. The number of benzene rings is 1. The van der Waals surface area contributed by atoms with Crippen LogP contribution in [0.2, 0.25) is 0 Å². The van der Waals surface area contributed by atoms with Gasteiger partial charge in [0.05, 0.1) is 0 Å².